The van der Waals surface area contributed by atoms with Crippen molar-refractivity contribution < 1.29 is 19.2 Å². The summed E-state index contributed by atoms with van der Waals surface area (Å²) in [4.78, 5) is 24.4. The van der Waals surface area contributed by atoms with E-state index >= 15 is 0 Å². The van der Waals surface area contributed by atoms with Crippen molar-refractivity contribution in [1.29, 1.82) is 5.26 Å². The summed E-state index contributed by atoms with van der Waals surface area (Å²) >= 11 is 6.04. The van der Waals surface area contributed by atoms with Gasteiger partial charge in [-0.05, 0) is 36.8 Å². The van der Waals surface area contributed by atoms with Crippen molar-refractivity contribution in [3.63, 3.8) is 0 Å². The number of rotatable bonds is 8. The van der Waals surface area contributed by atoms with Crippen LogP contribution in [0.5, 0.6) is 11.5 Å². The monoisotopic (exact) mass is 403 g/mol. The standard InChI is InChI=1S/C19H18ClN3O5/c1-13-10-14(4-6-16(13)20)22(9-3-8-21)19(24)12-28-17-7-5-15(23(25)26)11-18(17)27-2/h4-7,10-11H,3,9,12H2,1-2H3. The molecule has 0 N–H and O–H groups in total. The fourth-order valence-electron chi connectivity index (χ4n) is 2.46. The van der Waals surface area contributed by atoms with E-state index in [1.54, 1.807) is 18.2 Å². The topological polar surface area (TPSA) is 106 Å². The molecule has 1 amide bonds. The van der Waals surface area contributed by atoms with E-state index in [1.165, 1.54) is 30.2 Å². The van der Waals surface area contributed by atoms with Crippen LogP contribution in [0.25, 0.3) is 0 Å². The van der Waals surface area contributed by atoms with E-state index in [4.69, 9.17) is 26.3 Å². The fraction of sp³-hybridized carbons (Fsp3) is 0.263. The van der Waals surface area contributed by atoms with Crippen LogP contribution in [0.1, 0.15) is 12.0 Å². The molecule has 0 atom stereocenters. The number of carbonyl (C=O) groups excluding carboxylic acids is 1. The molecule has 9 heteroatoms. The van der Waals surface area contributed by atoms with Crippen molar-refractivity contribution in [3.05, 3.63) is 57.1 Å². The lowest BCUT2D eigenvalue weighted by Gasteiger charge is -2.23. The van der Waals surface area contributed by atoms with E-state index in [1.807, 2.05) is 13.0 Å². The number of carbonyl (C=O) groups is 1. The third-order valence-electron chi connectivity index (χ3n) is 3.91. The second-order valence-corrected chi connectivity index (χ2v) is 6.18. The number of ether oxygens (including phenoxy) is 2. The third kappa shape index (κ3) is 5.11. The molecule has 0 radical (unpaired) electrons. The van der Waals surface area contributed by atoms with E-state index in [9.17, 15) is 14.9 Å². The number of aryl methyl sites for hydroxylation is 1. The van der Waals surface area contributed by atoms with Gasteiger partial charge in [0.05, 0.1) is 30.6 Å². The number of nitro benzene ring substituents is 1. The Morgan fingerprint density at radius 1 is 1.29 bits per heavy atom. The van der Waals surface area contributed by atoms with Gasteiger partial charge in [0.2, 0.25) is 0 Å². The Balaban J connectivity index is 2.18. The van der Waals surface area contributed by atoms with Gasteiger partial charge in [-0.1, -0.05) is 11.6 Å². The van der Waals surface area contributed by atoms with Crippen LogP contribution < -0.4 is 14.4 Å². The van der Waals surface area contributed by atoms with E-state index in [-0.39, 0.29) is 42.7 Å². The van der Waals surface area contributed by atoms with E-state index in [0.717, 1.165) is 5.56 Å². The van der Waals surface area contributed by atoms with Crippen LogP contribution in [0.15, 0.2) is 36.4 Å². The maximum atomic E-state index is 12.7. The first-order valence-electron chi connectivity index (χ1n) is 8.26. The molecular weight excluding hydrogens is 386 g/mol. The molecule has 28 heavy (non-hydrogen) atoms. The maximum Gasteiger partial charge on any atom is 0.273 e. The summed E-state index contributed by atoms with van der Waals surface area (Å²) in [5.74, 6) is -0.0285. The maximum absolute atomic E-state index is 12.7. The molecule has 0 spiro atoms. The summed E-state index contributed by atoms with van der Waals surface area (Å²) < 4.78 is 10.6. The third-order valence-corrected chi connectivity index (χ3v) is 4.33. The molecule has 0 saturated carbocycles. The Kier molecular flexibility index (Phi) is 7.18. The van der Waals surface area contributed by atoms with Crippen LogP contribution in [0.2, 0.25) is 5.02 Å². The summed E-state index contributed by atoms with van der Waals surface area (Å²) in [6.07, 6.45) is 0.147. The number of benzene rings is 2. The predicted molar refractivity (Wildman–Crippen MR) is 104 cm³/mol. The van der Waals surface area contributed by atoms with Crippen LogP contribution in [0.4, 0.5) is 11.4 Å². The lowest BCUT2D eigenvalue weighted by molar-refractivity contribution is -0.384. The quantitative estimate of drug-likeness (QED) is 0.489. The number of nitriles is 1. The molecule has 0 fully saturated rings. The number of hydrogen-bond acceptors (Lipinski definition) is 6. The highest BCUT2D eigenvalue weighted by atomic mass is 35.5. The number of amides is 1. The predicted octanol–water partition coefficient (Wildman–Crippen LogP) is 3.89. The normalized spacial score (nSPS) is 10.1. The molecular formula is C19H18ClN3O5. The van der Waals surface area contributed by atoms with Gasteiger partial charge in [0.15, 0.2) is 18.1 Å². The Bertz CT molecular complexity index is 926. The number of halogens is 1. The second kappa shape index (κ2) is 9.58. The van der Waals surface area contributed by atoms with Crippen LogP contribution >= 0.6 is 11.6 Å². The minimum Gasteiger partial charge on any atom is -0.493 e. The number of hydrogen-bond donors (Lipinski definition) is 0. The van der Waals surface area contributed by atoms with Gasteiger partial charge in [0.1, 0.15) is 0 Å². The lowest BCUT2D eigenvalue weighted by Crippen LogP contribution is -2.35. The van der Waals surface area contributed by atoms with Crippen molar-refractivity contribution in [2.24, 2.45) is 0 Å². The zero-order valence-corrected chi connectivity index (χ0v) is 16.1. The number of nitrogens with zero attached hydrogens (tertiary/aromatic N) is 3. The summed E-state index contributed by atoms with van der Waals surface area (Å²) in [5.41, 5.74) is 1.25. The molecule has 0 aromatic heterocycles. The molecule has 146 valence electrons. The molecule has 0 aliphatic carbocycles. The Morgan fingerprint density at radius 3 is 2.64 bits per heavy atom. The van der Waals surface area contributed by atoms with E-state index < -0.39 is 4.92 Å². The minimum atomic E-state index is -0.552. The average Bonchev–Trinajstić information content (AvgIpc) is 2.68. The highest BCUT2D eigenvalue weighted by Crippen LogP contribution is 2.31. The van der Waals surface area contributed by atoms with Crippen molar-refractivity contribution in [2.75, 3.05) is 25.2 Å². The SMILES string of the molecule is COc1cc([N+](=O)[O-])ccc1OCC(=O)N(CCC#N)c1ccc(Cl)c(C)c1. The molecule has 2 aromatic carbocycles. The van der Waals surface area contributed by atoms with E-state index in [0.29, 0.717) is 10.7 Å². The van der Waals surface area contributed by atoms with Gasteiger partial charge in [0.25, 0.3) is 11.6 Å². The van der Waals surface area contributed by atoms with Crippen LogP contribution in [0.3, 0.4) is 0 Å². The highest BCUT2D eigenvalue weighted by Gasteiger charge is 2.19. The first-order chi connectivity index (χ1) is 13.4. The van der Waals surface area contributed by atoms with Crippen LogP contribution in [-0.4, -0.2) is 31.1 Å². The van der Waals surface area contributed by atoms with Gasteiger partial charge in [-0.2, -0.15) is 5.26 Å². The Labute approximate surface area is 167 Å². The van der Waals surface area contributed by atoms with Crippen molar-refractivity contribution in [2.45, 2.75) is 13.3 Å². The van der Waals surface area contributed by atoms with Gasteiger partial charge in [-0.15, -0.1) is 0 Å². The van der Waals surface area contributed by atoms with Gasteiger partial charge >= 0.3 is 0 Å². The Morgan fingerprint density at radius 2 is 2.04 bits per heavy atom. The van der Waals surface area contributed by atoms with Crippen molar-refractivity contribution in [1.82, 2.24) is 0 Å². The number of non-ortho nitro benzene ring substituents is 1. The first kappa shape index (κ1) is 21.0. The van der Waals surface area contributed by atoms with Crippen LogP contribution in [0, 0.1) is 28.4 Å². The van der Waals surface area contributed by atoms with Gasteiger partial charge in [-0.3, -0.25) is 14.9 Å². The molecule has 0 unspecified atom stereocenters. The molecule has 8 nitrogen and oxygen atoms in total. The molecule has 2 rings (SSSR count). The summed E-state index contributed by atoms with van der Waals surface area (Å²) in [7, 11) is 1.35. The van der Waals surface area contributed by atoms with E-state index in [2.05, 4.69) is 0 Å². The van der Waals surface area contributed by atoms with Gasteiger partial charge in [-0.25, -0.2) is 0 Å². The number of nitro groups is 1. The summed E-state index contributed by atoms with van der Waals surface area (Å²) in [6.45, 7) is 1.68. The largest absolute Gasteiger partial charge is 0.493 e. The lowest BCUT2D eigenvalue weighted by atomic mass is 10.2. The summed E-state index contributed by atoms with van der Waals surface area (Å²) in [6, 6.07) is 11.0. The van der Waals surface area contributed by atoms with Gasteiger partial charge in [0, 0.05) is 23.3 Å². The zero-order chi connectivity index (χ0) is 20.7. The Hall–Kier alpha value is -3.31. The molecule has 0 saturated heterocycles. The fourth-order valence-corrected chi connectivity index (χ4v) is 2.58. The molecule has 0 aliphatic heterocycles. The number of methoxy groups -OCH3 is 1. The highest BCUT2D eigenvalue weighted by molar-refractivity contribution is 6.31. The van der Waals surface area contributed by atoms with Crippen molar-refractivity contribution in [3.8, 4) is 17.6 Å². The number of anilines is 1. The van der Waals surface area contributed by atoms with Gasteiger partial charge < -0.3 is 14.4 Å². The molecule has 0 bridgehead atoms. The molecule has 2 aromatic rings. The zero-order valence-electron chi connectivity index (χ0n) is 15.3. The summed E-state index contributed by atoms with van der Waals surface area (Å²) in [5, 5.41) is 20.3. The molecule has 0 aliphatic rings. The smallest absolute Gasteiger partial charge is 0.273 e. The minimum absolute atomic E-state index is 0.146. The second-order valence-electron chi connectivity index (χ2n) is 5.77. The molecule has 0 heterocycles. The first-order valence-corrected chi connectivity index (χ1v) is 8.64. The average molecular weight is 404 g/mol. The van der Waals surface area contributed by atoms with Crippen molar-refractivity contribution >= 4 is 28.9 Å². The van der Waals surface area contributed by atoms with Crippen LogP contribution in [-0.2, 0) is 4.79 Å².